The molecule has 0 aliphatic carbocycles. The number of hydrogen-bond acceptors (Lipinski definition) is 5. The maximum absolute atomic E-state index is 12.2. The van der Waals surface area contributed by atoms with Crippen molar-refractivity contribution in [3.05, 3.63) is 65.0 Å². The molecule has 0 saturated heterocycles. The first-order valence-corrected chi connectivity index (χ1v) is 8.77. The number of aryl methyl sites for hydroxylation is 3. The molecule has 1 aromatic heterocycles. The van der Waals surface area contributed by atoms with Crippen LogP contribution in [0.15, 0.2) is 42.5 Å². The summed E-state index contributed by atoms with van der Waals surface area (Å²) >= 11 is 0. The zero-order chi connectivity index (χ0) is 19.4. The van der Waals surface area contributed by atoms with Crippen LogP contribution in [0.5, 0.6) is 0 Å². The van der Waals surface area contributed by atoms with Crippen molar-refractivity contribution in [1.29, 1.82) is 0 Å². The molecule has 1 N–H and O–H groups in total. The molecule has 1 heterocycles. The molecule has 27 heavy (non-hydrogen) atoms. The summed E-state index contributed by atoms with van der Waals surface area (Å²) in [5.74, 6) is -0.965. The van der Waals surface area contributed by atoms with Crippen molar-refractivity contribution in [2.75, 3.05) is 11.9 Å². The number of hydrogen-bond donors (Lipinski definition) is 1. The van der Waals surface area contributed by atoms with Crippen molar-refractivity contribution in [1.82, 2.24) is 9.97 Å². The smallest absolute Gasteiger partial charge is 0.338 e. The van der Waals surface area contributed by atoms with Gasteiger partial charge in [0.15, 0.2) is 6.61 Å². The number of aromatic nitrogens is 2. The number of rotatable bonds is 5. The Labute approximate surface area is 157 Å². The Bertz CT molecular complexity index is 997. The van der Waals surface area contributed by atoms with Crippen LogP contribution in [-0.2, 0) is 16.0 Å². The lowest BCUT2D eigenvalue weighted by molar-refractivity contribution is -0.119. The third-order valence-electron chi connectivity index (χ3n) is 4.29. The number of nitrogens with zero attached hydrogens (tertiary/aromatic N) is 2. The van der Waals surface area contributed by atoms with Crippen molar-refractivity contribution in [2.45, 2.75) is 27.2 Å². The average Bonchev–Trinajstić information content (AvgIpc) is 2.67. The minimum atomic E-state index is -0.576. The highest BCUT2D eigenvalue weighted by Crippen LogP contribution is 2.15. The third kappa shape index (κ3) is 4.47. The molecule has 6 heteroatoms. The molecular formula is C21H21N3O3. The van der Waals surface area contributed by atoms with Crippen LogP contribution >= 0.6 is 0 Å². The van der Waals surface area contributed by atoms with E-state index in [1.165, 1.54) is 5.56 Å². The minimum Gasteiger partial charge on any atom is -0.452 e. The van der Waals surface area contributed by atoms with Crippen LogP contribution in [-0.4, -0.2) is 28.5 Å². The fraction of sp³-hybridized carbons (Fsp3) is 0.238. The number of carbonyl (C=O) groups excluding carboxylic acids is 2. The average molecular weight is 363 g/mol. The standard InChI is InChI=1S/C21H21N3O3/c1-4-15-5-8-17(9-6-15)24-20(25)12-27-21(26)16-7-10-18-19(11-16)23-14(3)13(2)22-18/h5-11H,4,12H2,1-3H3,(H,24,25). The number of benzene rings is 2. The number of amides is 1. The topological polar surface area (TPSA) is 81.2 Å². The first-order valence-electron chi connectivity index (χ1n) is 8.77. The van der Waals surface area contributed by atoms with E-state index in [9.17, 15) is 9.59 Å². The predicted octanol–water partition coefficient (Wildman–Crippen LogP) is 3.60. The monoisotopic (exact) mass is 363 g/mol. The molecule has 3 aromatic rings. The van der Waals surface area contributed by atoms with Gasteiger partial charge in [0.1, 0.15) is 0 Å². The molecule has 0 unspecified atom stereocenters. The normalized spacial score (nSPS) is 10.6. The first kappa shape index (κ1) is 18.5. The van der Waals surface area contributed by atoms with Crippen LogP contribution in [0.25, 0.3) is 11.0 Å². The number of carbonyl (C=O) groups is 2. The summed E-state index contributed by atoms with van der Waals surface area (Å²) < 4.78 is 5.11. The maximum Gasteiger partial charge on any atom is 0.338 e. The van der Waals surface area contributed by atoms with Crippen LogP contribution in [0, 0.1) is 13.8 Å². The molecule has 0 atom stereocenters. The third-order valence-corrected chi connectivity index (χ3v) is 4.29. The Balaban J connectivity index is 1.62. The van der Waals surface area contributed by atoms with Crippen molar-refractivity contribution in [3.8, 4) is 0 Å². The van der Waals surface area contributed by atoms with Crippen LogP contribution in [0.4, 0.5) is 5.69 Å². The summed E-state index contributed by atoms with van der Waals surface area (Å²) in [6.45, 7) is 5.46. The van der Waals surface area contributed by atoms with Crippen LogP contribution < -0.4 is 5.32 Å². The summed E-state index contributed by atoms with van der Waals surface area (Å²) in [7, 11) is 0. The minimum absolute atomic E-state index is 0.333. The molecule has 6 nitrogen and oxygen atoms in total. The lowest BCUT2D eigenvalue weighted by Gasteiger charge is -2.08. The van der Waals surface area contributed by atoms with E-state index in [0.29, 0.717) is 22.3 Å². The van der Waals surface area contributed by atoms with Crippen molar-refractivity contribution in [3.63, 3.8) is 0 Å². The van der Waals surface area contributed by atoms with E-state index in [1.54, 1.807) is 18.2 Å². The van der Waals surface area contributed by atoms with Gasteiger partial charge in [-0.05, 0) is 56.2 Å². The van der Waals surface area contributed by atoms with Crippen LogP contribution in [0.2, 0.25) is 0 Å². The fourth-order valence-electron chi connectivity index (χ4n) is 2.59. The SMILES string of the molecule is CCc1ccc(NC(=O)COC(=O)c2ccc3nc(C)c(C)nc3c2)cc1. The summed E-state index contributed by atoms with van der Waals surface area (Å²) in [4.78, 5) is 33.1. The molecule has 0 radical (unpaired) electrons. The zero-order valence-corrected chi connectivity index (χ0v) is 15.6. The molecule has 0 aliphatic rings. The number of ether oxygens (including phenoxy) is 1. The molecule has 0 fully saturated rings. The molecule has 0 spiro atoms. The summed E-state index contributed by atoms with van der Waals surface area (Å²) in [5.41, 5.74) is 5.17. The van der Waals surface area contributed by atoms with Gasteiger partial charge in [0, 0.05) is 5.69 Å². The number of nitrogens with one attached hydrogen (secondary N) is 1. The Hall–Kier alpha value is -3.28. The van der Waals surface area contributed by atoms with Gasteiger partial charge >= 0.3 is 5.97 Å². The van der Waals surface area contributed by atoms with Gasteiger partial charge in [-0.25, -0.2) is 14.8 Å². The van der Waals surface area contributed by atoms with Gasteiger partial charge in [0.25, 0.3) is 5.91 Å². The van der Waals surface area contributed by atoms with E-state index in [-0.39, 0.29) is 12.5 Å². The van der Waals surface area contributed by atoms with Crippen molar-refractivity contribution < 1.29 is 14.3 Å². The van der Waals surface area contributed by atoms with E-state index in [2.05, 4.69) is 22.2 Å². The van der Waals surface area contributed by atoms with E-state index in [1.807, 2.05) is 38.1 Å². The van der Waals surface area contributed by atoms with Gasteiger partial charge in [0.2, 0.25) is 0 Å². The highest BCUT2D eigenvalue weighted by atomic mass is 16.5. The van der Waals surface area contributed by atoms with E-state index < -0.39 is 5.97 Å². The summed E-state index contributed by atoms with van der Waals surface area (Å²) in [6, 6.07) is 12.5. The lowest BCUT2D eigenvalue weighted by Crippen LogP contribution is -2.21. The molecular weight excluding hydrogens is 342 g/mol. The Kier molecular flexibility index (Phi) is 5.45. The highest BCUT2D eigenvalue weighted by Gasteiger charge is 2.12. The van der Waals surface area contributed by atoms with Gasteiger partial charge in [-0.2, -0.15) is 0 Å². The van der Waals surface area contributed by atoms with Gasteiger partial charge in [-0.3, -0.25) is 4.79 Å². The molecule has 1 amide bonds. The maximum atomic E-state index is 12.2. The van der Waals surface area contributed by atoms with Gasteiger partial charge in [-0.1, -0.05) is 19.1 Å². The molecule has 2 aromatic carbocycles. The number of esters is 1. The second-order valence-electron chi connectivity index (χ2n) is 6.27. The van der Waals surface area contributed by atoms with Gasteiger partial charge in [-0.15, -0.1) is 0 Å². The number of anilines is 1. The fourth-order valence-corrected chi connectivity index (χ4v) is 2.59. The predicted molar refractivity (Wildman–Crippen MR) is 104 cm³/mol. The van der Waals surface area contributed by atoms with Gasteiger partial charge in [0.05, 0.1) is 28.0 Å². The second kappa shape index (κ2) is 7.95. The summed E-state index contributed by atoms with van der Waals surface area (Å²) in [5, 5.41) is 2.70. The van der Waals surface area contributed by atoms with Crippen LogP contribution in [0.1, 0.15) is 34.2 Å². The summed E-state index contributed by atoms with van der Waals surface area (Å²) in [6.07, 6.45) is 0.932. The molecule has 0 bridgehead atoms. The second-order valence-corrected chi connectivity index (χ2v) is 6.27. The van der Waals surface area contributed by atoms with E-state index in [4.69, 9.17) is 4.74 Å². The molecule has 0 saturated carbocycles. The van der Waals surface area contributed by atoms with E-state index >= 15 is 0 Å². The molecule has 138 valence electrons. The lowest BCUT2D eigenvalue weighted by atomic mass is 10.1. The molecule has 0 aliphatic heterocycles. The largest absolute Gasteiger partial charge is 0.452 e. The molecule has 3 rings (SSSR count). The Morgan fingerprint density at radius 1 is 0.963 bits per heavy atom. The van der Waals surface area contributed by atoms with Crippen molar-refractivity contribution >= 4 is 28.6 Å². The first-order chi connectivity index (χ1) is 13.0. The zero-order valence-electron chi connectivity index (χ0n) is 15.6. The Morgan fingerprint density at radius 3 is 2.30 bits per heavy atom. The highest BCUT2D eigenvalue weighted by molar-refractivity contribution is 5.97. The Morgan fingerprint density at radius 2 is 1.63 bits per heavy atom. The van der Waals surface area contributed by atoms with E-state index in [0.717, 1.165) is 17.8 Å². The van der Waals surface area contributed by atoms with Crippen LogP contribution in [0.3, 0.4) is 0 Å². The number of fused-ring (bicyclic) bond motifs is 1. The quantitative estimate of drug-likeness (QED) is 0.701. The van der Waals surface area contributed by atoms with Crippen molar-refractivity contribution in [2.24, 2.45) is 0 Å². The van der Waals surface area contributed by atoms with Gasteiger partial charge < -0.3 is 10.1 Å².